The summed E-state index contributed by atoms with van der Waals surface area (Å²) in [4.78, 5) is 12.9. The maximum absolute atomic E-state index is 8.97. The largest absolute Gasteiger partial charge is 0.354 e. The summed E-state index contributed by atoms with van der Waals surface area (Å²) in [5.41, 5.74) is 2.59. The molecule has 0 saturated heterocycles. The summed E-state index contributed by atoms with van der Waals surface area (Å²) in [6, 6.07) is 3.82. The number of pyridine rings is 1. The molecule has 3 rings (SSSR count). The van der Waals surface area contributed by atoms with E-state index in [1.54, 1.807) is 18.5 Å². The molecule has 0 aromatic carbocycles. The lowest BCUT2D eigenvalue weighted by molar-refractivity contribution is 1.07. The summed E-state index contributed by atoms with van der Waals surface area (Å²) in [6.07, 6.45) is 4.85. The summed E-state index contributed by atoms with van der Waals surface area (Å²) in [5, 5.41) is 19.7. The fourth-order valence-corrected chi connectivity index (χ4v) is 1.92. The molecule has 0 aliphatic carbocycles. The second-order valence-electron chi connectivity index (χ2n) is 4.13. The Balaban J connectivity index is 2.22. The number of aromatic nitrogens is 5. The monoisotopic (exact) mass is 265 g/mol. The minimum absolute atomic E-state index is 0.489. The Morgan fingerprint density at radius 2 is 2.20 bits per heavy atom. The van der Waals surface area contributed by atoms with Gasteiger partial charge in [-0.15, -0.1) is 0 Å². The first kappa shape index (κ1) is 12.0. The van der Waals surface area contributed by atoms with Crippen molar-refractivity contribution in [1.82, 2.24) is 25.1 Å². The molecule has 2 N–H and O–H groups in total. The smallest absolute Gasteiger partial charge is 0.225 e. The molecular formula is C13H11N7. The van der Waals surface area contributed by atoms with Crippen LogP contribution in [-0.4, -0.2) is 31.7 Å². The third-order valence-electron chi connectivity index (χ3n) is 2.79. The van der Waals surface area contributed by atoms with Crippen LogP contribution in [0, 0.1) is 11.3 Å². The van der Waals surface area contributed by atoms with E-state index in [2.05, 4.69) is 36.5 Å². The van der Waals surface area contributed by atoms with E-state index < -0.39 is 0 Å². The third-order valence-corrected chi connectivity index (χ3v) is 2.79. The van der Waals surface area contributed by atoms with Gasteiger partial charge < -0.3 is 5.32 Å². The van der Waals surface area contributed by atoms with Crippen molar-refractivity contribution >= 4 is 17.0 Å². The van der Waals surface area contributed by atoms with E-state index in [4.69, 9.17) is 5.26 Å². The van der Waals surface area contributed by atoms with Crippen molar-refractivity contribution in [2.45, 2.75) is 6.92 Å². The zero-order chi connectivity index (χ0) is 13.9. The maximum Gasteiger partial charge on any atom is 0.225 e. The summed E-state index contributed by atoms with van der Waals surface area (Å²) in [6.45, 7) is 2.69. The molecule has 0 aliphatic rings. The SMILES string of the molecule is CCNc1nc(-c2cncc(C#N)c2)c2cn[nH]c2n1. The molecule has 0 atom stereocenters. The highest BCUT2D eigenvalue weighted by Gasteiger charge is 2.12. The summed E-state index contributed by atoms with van der Waals surface area (Å²) < 4.78 is 0. The van der Waals surface area contributed by atoms with E-state index in [0.29, 0.717) is 22.9 Å². The van der Waals surface area contributed by atoms with Crippen LogP contribution in [0.1, 0.15) is 12.5 Å². The fraction of sp³-hybridized carbons (Fsp3) is 0.154. The molecule has 98 valence electrons. The molecule has 0 saturated carbocycles. The Labute approximate surface area is 114 Å². The molecule has 0 fully saturated rings. The fourth-order valence-electron chi connectivity index (χ4n) is 1.92. The molecule has 20 heavy (non-hydrogen) atoms. The van der Waals surface area contributed by atoms with Gasteiger partial charge in [0.1, 0.15) is 6.07 Å². The van der Waals surface area contributed by atoms with Gasteiger partial charge in [-0.3, -0.25) is 10.1 Å². The maximum atomic E-state index is 8.97. The highest BCUT2D eigenvalue weighted by molar-refractivity contribution is 5.90. The van der Waals surface area contributed by atoms with E-state index in [9.17, 15) is 0 Å². The predicted molar refractivity (Wildman–Crippen MR) is 73.8 cm³/mol. The van der Waals surface area contributed by atoms with E-state index in [1.807, 2.05) is 6.92 Å². The highest BCUT2D eigenvalue weighted by atomic mass is 15.2. The van der Waals surface area contributed by atoms with Crippen LogP contribution in [0.3, 0.4) is 0 Å². The topological polar surface area (TPSA) is 103 Å². The molecule has 3 heterocycles. The number of nitrogens with zero attached hydrogens (tertiary/aromatic N) is 5. The van der Waals surface area contributed by atoms with Crippen LogP contribution in [0.5, 0.6) is 0 Å². The first-order chi connectivity index (χ1) is 9.81. The van der Waals surface area contributed by atoms with Crippen molar-refractivity contribution < 1.29 is 0 Å². The van der Waals surface area contributed by atoms with Gasteiger partial charge in [0.05, 0.1) is 22.8 Å². The zero-order valence-electron chi connectivity index (χ0n) is 10.8. The van der Waals surface area contributed by atoms with Gasteiger partial charge in [0.25, 0.3) is 0 Å². The van der Waals surface area contributed by atoms with E-state index >= 15 is 0 Å². The average Bonchev–Trinajstić information content (AvgIpc) is 2.95. The average molecular weight is 265 g/mol. The lowest BCUT2D eigenvalue weighted by Gasteiger charge is -2.06. The van der Waals surface area contributed by atoms with Crippen molar-refractivity contribution in [1.29, 1.82) is 5.26 Å². The quantitative estimate of drug-likeness (QED) is 0.747. The second-order valence-corrected chi connectivity index (χ2v) is 4.13. The van der Waals surface area contributed by atoms with Gasteiger partial charge in [-0.2, -0.15) is 15.3 Å². The van der Waals surface area contributed by atoms with Crippen LogP contribution in [0.25, 0.3) is 22.3 Å². The Morgan fingerprint density at radius 1 is 1.30 bits per heavy atom. The van der Waals surface area contributed by atoms with Gasteiger partial charge in [0.2, 0.25) is 5.95 Å². The summed E-state index contributed by atoms with van der Waals surface area (Å²) in [5.74, 6) is 0.515. The molecular weight excluding hydrogens is 254 g/mol. The Morgan fingerprint density at radius 3 is 3.00 bits per heavy atom. The number of anilines is 1. The first-order valence-corrected chi connectivity index (χ1v) is 6.12. The minimum atomic E-state index is 0.489. The number of aromatic amines is 1. The van der Waals surface area contributed by atoms with Gasteiger partial charge in [0, 0.05) is 24.5 Å². The summed E-state index contributed by atoms with van der Waals surface area (Å²) >= 11 is 0. The molecule has 0 amide bonds. The van der Waals surface area contributed by atoms with Crippen LogP contribution in [-0.2, 0) is 0 Å². The van der Waals surface area contributed by atoms with Crippen LogP contribution in [0.4, 0.5) is 5.95 Å². The standard InChI is InChI=1S/C13H11N7/c1-2-16-13-18-11(10-7-17-20-12(10)19-13)9-3-8(4-14)5-15-6-9/h3,5-7H,2H2,1H3,(H2,16,17,18,19,20). The van der Waals surface area contributed by atoms with Gasteiger partial charge in [-0.25, -0.2) is 4.98 Å². The first-order valence-electron chi connectivity index (χ1n) is 6.12. The van der Waals surface area contributed by atoms with Crippen LogP contribution in [0.15, 0.2) is 24.7 Å². The molecule has 0 spiro atoms. The van der Waals surface area contributed by atoms with Crippen molar-refractivity contribution in [3.8, 4) is 17.3 Å². The number of nitriles is 1. The van der Waals surface area contributed by atoms with Crippen molar-refractivity contribution in [3.63, 3.8) is 0 Å². The van der Waals surface area contributed by atoms with E-state index in [-0.39, 0.29) is 0 Å². The van der Waals surface area contributed by atoms with Gasteiger partial charge in [0.15, 0.2) is 5.65 Å². The van der Waals surface area contributed by atoms with Crippen molar-refractivity contribution in [3.05, 3.63) is 30.2 Å². The summed E-state index contributed by atoms with van der Waals surface area (Å²) in [7, 11) is 0. The number of nitrogens with one attached hydrogen (secondary N) is 2. The van der Waals surface area contributed by atoms with Crippen LogP contribution < -0.4 is 5.32 Å². The van der Waals surface area contributed by atoms with Crippen LogP contribution in [0.2, 0.25) is 0 Å². The number of fused-ring (bicyclic) bond motifs is 1. The Hall–Kier alpha value is -3.01. The van der Waals surface area contributed by atoms with E-state index in [1.165, 1.54) is 6.20 Å². The number of rotatable bonds is 3. The van der Waals surface area contributed by atoms with Gasteiger partial charge in [-0.1, -0.05) is 0 Å². The van der Waals surface area contributed by atoms with Gasteiger partial charge >= 0.3 is 0 Å². The van der Waals surface area contributed by atoms with Crippen molar-refractivity contribution in [2.75, 3.05) is 11.9 Å². The second kappa shape index (κ2) is 4.93. The molecule has 0 aliphatic heterocycles. The number of H-pyrrole nitrogens is 1. The zero-order valence-corrected chi connectivity index (χ0v) is 10.8. The number of hydrogen-bond donors (Lipinski definition) is 2. The molecule has 0 radical (unpaired) electrons. The Kier molecular flexibility index (Phi) is 2.97. The Bertz CT molecular complexity index is 800. The molecule has 0 unspecified atom stereocenters. The lowest BCUT2D eigenvalue weighted by atomic mass is 10.1. The molecule has 3 aromatic rings. The third kappa shape index (κ3) is 2.03. The predicted octanol–water partition coefficient (Wildman–Crippen LogP) is 1.72. The lowest BCUT2D eigenvalue weighted by Crippen LogP contribution is -2.03. The number of hydrogen-bond acceptors (Lipinski definition) is 6. The molecule has 0 bridgehead atoms. The van der Waals surface area contributed by atoms with Gasteiger partial charge in [-0.05, 0) is 13.0 Å². The highest BCUT2D eigenvalue weighted by Crippen LogP contribution is 2.25. The molecule has 3 aromatic heterocycles. The normalized spacial score (nSPS) is 10.4. The minimum Gasteiger partial charge on any atom is -0.354 e. The van der Waals surface area contributed by atoms with E-state index in [0.717, 1.165) is 17.5 Å². The molecule has 7 nitrogen and oxygen atoms in total. The van der Waals surface area contributed by atoms with Crippen LogP contribution >= 0.6 is 0 Å². The van der Waals surface area contributed by atoms with Crippen molar-refractivity contribution in [2.24, 2.45) is 0 Å². The molecule has 7 heteroatoms.